The molecule has 1 aromatic heterocycles. The molecule has 2 rings (SSSR count). The van der Waals surface area contributed by atoms with Crippen LogP contribution in [0.2, 0.25) is 0 Å². The smallest absolute Gasteiger partial charge is 0.386 e. The lowest BCUT2D eigenvalue weighted by molar-refractivity contribution is -0.144. The minimum atomic E-state index is -4.50. The van der Waals surface area contributed by atoms with Crippen molar-refractivity contribution in [1.29, 1.82) is 0 Å². The number of rotatable bonds is 2. The zero-order valence-corrected chi connectivity index (χ0v) is 9.27. The van der Waals surface area contributed by atoms with Gasteiger partial charge < -0.3 is 10.0 Å². The second-order valence-electron chi connectivity index (χ2n) is 3.83. The molecule has 0 saturated carbocycles. The van der Waals surface area contributed by atoms with Crippen LogP contribution in [-0.4, -0.2) is 33.2 Å². The molecule has 0 bridgehead atoms. The Morgan fingerprint density at radius 2 is 2.12 bits per heavy atom. The first-order valence-corrected chi connectivity index (χ1v) is 5.50. The summed E-state index contributed by atoms with van der Waals surface area (Å²) in [6, 6.07) is 0. The molecule has 1 aromatic rings. The summed E-state index contributed by atoms with van der Waals surface area (Å²) in [6.07, 6.45) is -3.92. The number of halogens is 3. The summed E-state index contributed by atoms with van der Waals surface area (Å²) in [4.78, 5) is 4.99. The van der Waals surface area contributed by atoms with Crippen LogP contribution in [0.1, 0.15) is 19.2 Å². The molecule has 1 aliphatic rings. The third-order valence-electron chi connectivity index (χ3n) is 2.57. The molecule has 0 amide bonds. The van der Waals surface area contributed by atoms with Gasteiger partial charge in [-0.05, 0) is 6.42 Å². The molecule has 1 N–H and O–H groups in total. The van der Waals surface area contributed by atoms with E-state index in [1.165, 1.54) is 0 Å². The van der Waals surface area contributed by atoms with Gasteiger partial charge in [0.25, 0.3) is 0 Å². The summed E-state index contributed by atoms with van der Waals surface area (Å²) in [5.74, 6) is -1.11. The fourth-order valence-corrected chi connectivity index (χ4v) is 2.17. The van der Waals surface area contributed by atoms with E-state index in [-0.39, 0.29) is 5.13 Å². The number of nitrogens with zero attached hydrogens (tertiary/aromatic N) is 3. The molecule has 4 nitrogen and oxygen atoms in total. The van der Waals surface area contributed by atoms with Crippen LogP contribution in [0.4, 0.5) is 18.3 Å². The Kier molecular flexibility index (Phi) is 2.58. The Labute approximate surface area is 93.9 Å². The predicted octanol–water partition coefficient (Wildman–Crippen LogP) is 1.52. The molecule has 1 saturated heterocycles. The number of β-amino-alcohol motifs (C(OH)–C–C–N with tert-alkyl or cyclic N) is 1. The molecule has 8 heteroatoms. The summed E-state index contributed by atoms with van der Waals surface area (Å²) in [5.41, 5.74) is -0.788. The number of alkyl halides is 3. The Morgan fingerprint density at radius 3 is 2.56 bits per heavy atom. The van der Waals surface area contributed by atoms with Gasteiger partial charge in [-0.2, -0.15) is 22.5 Å². The molecule has 0 radical (unpaired) electrons. The number of aliphatic hydroxyl groups is 1. The van der Waals surface area contributed by atoms with Gasteiger partial charge in [-0.3, -0.25) is 0 Å². The Hall–Kier alpha value is -0.890. The molecule has 90 valence electrons. The zero-order chi connectivity index (χ0) is 12.0. The third kappa shape index (κ3) is 1.99. The van der Waals surface area contributed by atoms with Crippen molar-refractivity contribution in [2.75, 3.05) is 18.0 Å². The average molecular weight is 253 g/mol. The van der Waals surface area contributed by atoms with Crippen LogP contribution in [0.15, 0.2) is 0 Å². The Morgan fingerprint density at radius 1 is 1.50 bits per heavy atom. The monoisotopic (exact) mass is 253 g/mol. The number of anilines is 1. The fourth-order valence-electron chi connectivity index (χ4n) is 1.48. The van der Waals surface area contributed by atoms with Gasteiger partial charge in [-0.1, -0.05) is 6.92 Å². The molecular weight excluding hydrogens is 243 g/mol. The first-order valence-electron chi connectivity index (χ1n) is 4.72. The highest BCUT2D eigenvalue weighted by Crippen LogP contribution is 2.34. The minimum Gasteiger partial charge on any atom is -0.386 e. The van der Waals surface area contributed by atoms with Crippen molar-refractivity contribution < 1.29 is 18.3 Å². The molecule has 1 aliphatic heterocycles. The zero-order valence-electron chi connectivity index (χ0n) is 8.45. The summed E-state index contributed by atoms with van der Waals surface area (Å²) in [5, 5.41) is 9.92. The van der Waals surface area contributed by atoms with E-state index in [2.05, 4.69) is 9.36 Å². The largest absolute Gasteiger partial charge is 0.452 e. The van der Waals surface area contributed by atoms with E-state index in [1.54, 1.807) is 4.90 Å². The maximum absolute atomic E-state index is 12.2. The molecule has 0 aliphatic carbocycles. The van der Waals surface area contributed by atoms with Crippen molar-refractivity contribution in [3.05, 3.63) is 5.82 Å². The van der Waals surface area contributed by atoms with E-state index < -0.39 is 17.6 Å². The minimum absolute atomic E-state index is 0.213. The average Bonchev–Trinajstić information content (AvgIpc) is 2.60. The molecule has 0 unspecified atom stereocenters. The molecule has 2 heterocycles. The normalized spacial score (nSPS) is 19.7. The Bertz CT molecular complexity index is 386. The second kappa shape index (κ2) is 3.56. The van der Waals surface area contributed by atoms with Crippen LogP contribution in [0, 0.1) is 0 Å². The molecule has 0 aromatic carbocycles. The van der Waals surface area contributed by atoms with Gasteiger partial charge in [0.15, 0.2) is 0 Å². The highest BCUT2D eigenvalue weighted by atomic mass is 32.1. The van der Waals surface area contributed by atoms with Crippen molar-refractivity contribution in [3.63, 3.8) is 0 Å². The third-order valence-corrected chi connectivity index (χ3v) is 3.34. The van der Waals surface area contributed by atoms with Gasteiger partial charge in [-0.25, -0.2) is 0 Å². The molecule has 16 heavy (non-hydrogen) atoms. The lowest BCUT2D eigenvalue weighted by Crippen LogP contribution is -2.61. The van der Waals surface area contributed by atoms with Crippen molar-refractivity contribution in [1.82, 2.24) is 9.36 Å². The number of hydrogen-bond acceptors (Lipinski definition) is 5. The van der Waals surface area contributed by atoms with Gasteiger partial charge >= 0.3 is 6.18 Å². The topological polar surface area (TPSA) is 49.2 Å². The van der Waals surface area contributed by atoms with Gasteiger partial charge in [0.1, 0.15) is 0 Å². The number of hydrogen-bond donors (Lipinski definition) is 1. The van der Waals surface area contributed by atoms with Gasteiger partial charge in [0.2, 0.25) is 11.0 Å². The van der Waals surface area contributed by atoms with Crippen LogP contribution in [0.3, 0.4) is 0 Å². The molecule has 1 fully saturated rings. The summed E-state index contributed by atoms with van der Waals surface area (Å²) >= 11 is 0.705. The molecular formula is C8H10F3N3OS. The van der Waals surface area contributed by atoms with Crippen LogP contribution in [0.5, 0.6) is 0 Å². The highest BCUT2D eigenvalue weighted by Gasteiger charge is 2.43. The van der Waals surface area contributed by atoms with Gasteiger partial charge in [0, 0.05) is 11.5 Å². The van der Waals surface area contributed by atoms with E-state index in [9.17, 15) is 18.3 Å². The van der Waals surface area contributed by atoms with Crippen LogP contribution in [0.25, 0.3) is 0 Å². The first-order chi connectivity index (χ1) is 7.34. The van der Waals surface area contributed by atoms with Gasteiger partial charge in [0.05, 0.1) is 18.7 Å². The standard InChI is InChI=1S/C8H10F3N3OS/c1-2-7(15)3-14(4-7)6-12-5(13-16-6)8(9,10)11/h15H,2-4H2,1H3. The summed E-state index contributed by atoms with van der Waals surface area (Å²) < 4.78 is 39.9. The van der Waals surface area contributed by atoms with Crippen LogP contribution >= 0.6 is 11.5 Å². The lowest BCUT2D eigenvalue weighted by atomic mass is 9.92. The Balaban J connectivity index is 2.06. The highest BCUT2D eigenvalue weighted by molar-refractivity contribution is 7.09. The van der Waals surface area contributed by atoms with E-state index in [0.29, 0.717) is 31.0 Å². The van der Waals surface area contributed by atoms with E-state index >= 15 is 0 Å². The maximum atomic E-state index is 12.2. The van der Waals surface area contributed by atoms with Crippen molar-refractivity contribution in [3.8, 4) is 0 Å². The lowest BCUT2D eigenvalue weighted by Gasteiger charge is -2.45. The SMILES string of the molecule is CCC1(O)CN(c2nc(C(F)(F)F)ns2)C1. The fraction of sp³-hybridized carbons (Fsp3) is 0.750. The summed E-state index contributed by atoms with van der Waals surface area (Å²) in [6.45, 7) is 2.46. The van der Waals surface area contributed by atoms with Gasteiger partial charge in [-0.15, -0.1) is 0 Å². The quantitative estimate of drug-likeness (QED) is 0.868. The van der Waals surface area contributed by atoms with E-state index in [4.69, 9.17) is 0 Å². The first kappa shape index (κ1) is 11.6. The predicted molar refractivity (Wildman–Crippen MR) is 52.4 cm³/mol. The maximum Gasteiger partial charge on any atom is 0.452 e. The van der Waals surface area contributed by atoms with E-state index in [1.807, 2.05) is 6.92 Å². The number of aromatic nitrogens is 2. The summed E-state index contributed by atoms with van der Waals surface area (Å²) in [7, 11) is 0. The second-order valence-corrected chi connectivity index (χ2v) is 4.56. The van der Waals surface area contributed by atoms with Crippen molar-refractivity contribution in [2.24, 2.45) is 0 Å². The molecule has 0 spiro atoms. The van der Waals surface area contributed by atoms with E-state index in [0.717, 1.165) is 0 Å². The van der Waals surface area contributed by atoms with Crippen molar-refractivity contribution in [2.45, 2.75) is 25.1 Å². The molecule has 0 atom stereocenters. The van der Waals surface area contributed by atoms with Crippen molar-refractivity contribution >= 4 is 16.7 Å². The van der Waals surface area contributed by atoms with Crippen LogP contribution < -0.4 is 4.90 Å². The van der Waals surface area contributed by atoms with Crippen LogP contribution in [-0.2, 0) is 6.18 Å².